The summed E-state index contributed by atoms with van der Waals surface area (Å²) in [6.45, 7) is 6.20. The van der Waals surface area contributed by atoms with Crippen molar-refractivity contribution in [2.75, 3.05) is 19.8 Å². The van der Waals surface area contributed by atoms with Crippen LogP contribution in [0.3, 0.4) is 0 Å². The standard InChI is InChI=1S/C13H19NO2/c1-2-14-7-11-5-3-4-6-12(11)8-16-13-9-15-10-13/h3-6,13-14H,2,7-10H2,1H3. The van der Waals surface area contributed by atoms with E-state index in [1.807, 2.05) is 0 Å². The molecule has 0 amide bonds. The molecule has 0 spiro atoms. The predicted molar refractivity (Wildman–Crippen MR) is 63.2 cm³/mol. The van der Waals surface area contributed by atoms with Crippen molar-refractivity contribution in [1.29, 1.82) is 0 Å². The molecule has 3 nitrogen and oxygen atoms in total. The molecule has 1 aliphatic rings. The molecule has 2 rings (SSSR count). The summed E-state index contributed by atoms with van der Waals surface area (Å²) in [5.41, 5.74) is 2.60. The van der Waals surface area contributed by atoms with Crippen LogP contribution in [0.25, 0.3) is 0 Å². The Morgan fingerprint density at radius 3 is 2.69 bits per heavy atom. The zero-order chi connectivity index (χ0) is 11.2. The van der Waals surface area contributed by atoms with Gasteiger partial charge in [0.2, 0.25) is 0 Å². The highest BCUT2D eigenvalue weighted by molar-refractivity contribution is 5.26. The molecule has 1 aliphatic heterocycles. The zero-order valence-corrected chi connectivity index (χ0v) is 9.74. The fourth-order valence-corrected chi connectivity index (χ4v) is 1.65. The van der Waals surface area contributed by atoms with Crippen LogP contribution in [0.4, 0.5) is 0 Å². The van der Waals surface area contributed by atoms with Crippen molar-refractivity contribution < 1.29 is 9.47 Å². The maximum absolute atomic E-state index is 5.73. The molecule has 0 radical (unpaired) electrons. The van der Waals surface area contributed by atoms with Crippen molar-refractivity contribution in [2.24, 2.45) is 0 Å². The molecule has 1 heterocycles. The molecule has 0 bridgehead atoms. The quantitative estimate of drug-likeness (QED) is 0.793. The van der Waals surface area contributed by atoms with E-state index in [0.717, 1.165) is 26.3 Å². The zero-order valence-electron chi connectivity index (χ0n) is 9.74. The minimum Gasteiger partial charge on any atom is -0.376 e. The highest BCUT2D eigenvalue weighted by Crippen LogP contribution is 2.13. The average molecular weight is 221 g/mol. The molecule has 3 heteroatoms. The fraction of sp³-hybridized carbons (Fsp3) is 0.538. The smallest absolute Gasteiger partial charge is 0.105 e. The van der Waals surface area contributed by atoms with E-state index in [-0.39, 0.29) is 0 Å². The number of nitrogens with one attached hydrogen (secondary N) is 1. The molecule has 0 aliphatic carbocycles. The van der Waals surface area contributed by atoms with Crippen molar-refractivity contribution in [2.45, 2.75) is 26.2 Å². The van der Waals surface area contributed by atoms with Gasteiger partial charge in [-0.1, -0.05) is 31.2 Å². The van der Waals surface area contributed by atoms with E-state index >= 15 is 0 Å². The summed E-state index contributed by atoms with van der Waals surface area (Å²) in [7, 11) is 0. The van der Waals surface area contributed by atoms with E-state index in [9.17, 15) is 0 Å². The second-order valence-corrected chi connectivity index (χ2v) is 4.02. The van der Waals surface area contributed by atoms with Crippen molar-refractivity contribution in [3.05, 3.63) is 35.4 Å². The molecular formula is C13H19NO2. The molecule has 1 aromatic rings. The molecule has 16 heavy (non-hydrogen) atoms. The van der Waals surface area contributed by atoms with Crippen LogP contribution in [0, 0.1) is 0 Å². The predicted octanol–water partition coefficient (Wildman–Crippen LogP) is 1.71. The highest BCUT2D eigenvalue weighted by Gasteiger charge is 2.18. The van der Waals surface area contributed by atoms with Gasteiger partial charge in [0, 0.05) is 6.54 Å². The molecule has 0 saturated carbocycles. The Hall–Kier alpha value is -0.900. The Kier molecular flexibility index (Phi) is 4.34. The van der Waals surface area contributed by atoms with Gasteiger partial charge in [0.15, 0.2) is 0 Å². The van der Waals surface area contributed by atoms with Crippen molar-refractivity contribution in [3.8, 4) is 0 Å². The largest absolute Gasteiger partial charge is 0.376 e. The van der Waals surface area contributed by atoms with Crippen LogP contribution in [0.2, 0.25) is 0 Å². The van der Waals surface area contributed by atoms with Gasteiger partial charge in [-0.25, -0.2) is 0 Å². The van der Waals surface area contributed by atoms with E-state index in [0.29, 0.717) is 12.7 Å². The van der Waals surface area contributed by atoms with Crippen LogP contribution in [0.5, 0.6) is 0 Å². The van der Waals surface area contributed by atoms with Gasteiger partial charge in [-0.05, 0) is 17.7 Å². The SMILES string of the molecule is CCNCc1ccccc1COC1COC1. The number of hydrogen-bond acceptors (Lipinski definition) is 3. The Bertz CT molecular complexity index is 323. The van der Waals surface area contributed by atoms with Crippen LogP contribution in [-0.2, 0) is 22.6 Å². The lowest BCUT2D eigenvalue weighted by Crippen LogP contribution is -2.35. The van der Waals surface area contributed by atoms with Crippen LogP contribution in [0.1, 0.15) is 18.1 Å². The number of hydrogen-bond donors (Lipinski definition) is 1. The number of rotatable bonds is 6. The first-order valence-electron chi connectivity index (χ1n) is 5.87. The van der Waals surface area contributed by atoms with Gasteiger partial charge in [0.1, 0.15) is 6.10 Å². The van der Waals surface area contributed by atoms with Crippen molar-refractivity contribution >= 4 is 0 Å². The second kappa shape index (κ2) is 5.99. The maximum Gasteiger partial charge on any atom is 0.105 e. The van der Waals surface area contributed by atoms with Crippen molar-refractivity contribution in [1.82, 2.24) is 5.32 Å². The monoisotopic (exact) mass is 221 g/mol. The van der Waals surface area contributed by atoms with Crippen LogP contribution < -0.4 is 5.32 Å². The second-order valence-electron chi connectivity index (χ2n) is 4.02. The first-order valence-corrected chi connectivity index (χ1v) is 5.87. The molecule has 1 saturated heterocycles. The molecule has 0 aromatic heterocycles. The Morgan fingerprint density at radius 2 is 2.06 bits per heavy atom. The maximum atomic E-state index is 5.73. The number of benzene rings is 1. The lowest BCUT2D eigenvalue weighted by Gasteiger charge is -2.26. The van der Waals surface area contributed by atoms with E-state index in [1.54, 1.807) is 0 Å². The molecular weight excluding hydrogens is 202 g/mol. The van der Waals surface area contributed by atoms with Crippen LogP contribution in [0.15, 0.2) is 24.3 Å². The summed E-state index contributed by atoms with van der Waals surface area (Å²) in [6, 6.07) is 8.42. The lowest BCUT2D eigenvalue weighted by atomic mass is 10.1. The Balaban J connectivity index is 1.89. The minimum atomic E-state index is 0.298. The number of ether oxygens (including phenoxy) is 2. The molecule has 0 unspecified atom stereocenters. The van der Waals surface area contributed by atoms with E-state index in [2.05, 4.69) is 36.5 Å². The van der Waals surface area contributed by atoms with Gasteiger partial charge in [-0.3, -0.25) is 0 Å². The summed E-state index contributed by atoms with van der Waals surface area (Å²) in [6.07, 6.45) is 0.298. The first-order chi connectivity index (χ1) is 7.90. The van der Waals surface area contributed by atoms with Gasteiger partial charge >= 0.3 is 0 Å². The third-order valence-electron chi connectivity index (χ3n) is 2.77. The lowest BCUT2D eigenvalue weighted by molar-refractivity contribution is -0.135. The van der Waals surface area contributed by atoms with Crippen molar-refractivity contribution in [3.63, 3.8) is 0 Å². The van der Waals surface area contributed by atoms with Gasteiger partial charge in [-0.2, -0.15) is 0 Å². The third-order valence-corrected chi connectivity index (χ3v) is 2.77. The van der Waals surface area contributed by atoms with Gasteiger partial charge in [0.05, 0.1) is 19.8 Å². The van der Waals surface area contributed by atoms with Gasteiger partial charge in [0.25, 0.3) is 0 Å². The van der Waals surface area contributed by atoms with Gasteiger partial charge < -0.3 is 14.8 Å². The molecule has 0 atom stereocenters. The summed E-state index contributed by atoms with van der Waals surface area (Å²) < 4.78 is 10.8. The normalized spacial score (nSPS) is 16.1. The summed E-state index contributed by atoms with van der Waals surface area (Å²) >= 11 is 0. The fourth-order valence-electron chi connectivity index (χ4n) is 1.65. The molecule has 88 valence electrons. The summed E-state index contributed by atoms with van der Waals surface area (Å²) in [5.74, 6) is 0. The van der Waals surface area contributed by atoms with Crippen LogP contribution >= 0.6 is 0 Å². The topological polar surface area (TPSA) is 30.5 Å². The van der Waals surface area contributed by atoms with E-state index < -0.39 is 0 Å². The summed E-state index contributed by atoms with van der Waals surface area (Å²) in [5, 5.41) is 3.34. The highest BCUT2D eigenvalue weighted by atomic mass is 16.6. The molecule has 1 fully saturated rings. The Labute approximate surface area is 96.8 Å². The molecule has 1 aromatic carbocycles. The van der Waals surface area contributed by atoms with E-state index in [4.69, 9.17) is 9.47 Å². The Morgan fingerprint density at radius 1 is 1.31 bits per heavy atom. The summed E-state index contributed by atoms with van der Waals surface area (Å²) in [4.78, 5) is 0. The van der Waals surface area contributed by atoms with Crippen LogP contribution in [-0.4, -0.2) is 25.9 Å². The molecule has 1 N–H and O–H groups in total. The van der Waals surface area contributed by atoms with E-state index in [1.165, 1.54) is 11.1 Å². The van der Waals surface area contributed by atoms with Gasteiger partial charge in [-0.15, -0.1) is 0 Å². The average Bonchev–Trinajstić information content (AvgIpc) is 2.26. The minimum absolute atomic E-state index is 0.298. The first kappa shape index (κ1) is 11.6. The third kappa shape index (κ3) is 3.04.